The third-order valence-corrected chi connectivity index (χ3v) is 3.12. The largest absolute Gasteiger partial charge is 0.399 e. The van der Waals surface area contributed by atoms with Crippen LogP contribution in [0.2, 0.25) is 5.02 Å². The van der Waals surface area contributed by atoms with E-state index in [1.807, 2.05) is 31.2 Å². The van der Waals surface area contributed by atoms with Gasteiger partial charge in [-0.1, -0.05) is 23.7 Å². The highest BCUT2D eigenvalue weighted by Gasteiger charge is 2.09. The van der Waals surface area contributed by atoms with Crippen molar-refractivity contribution in [1.82, 2.24) is 0 Å². The number of anilines is 2. The van der Waals surface area contributed by atoms with Gasteiger partial charge in [-0.2, -0.15) is 5.26 Å². The van der Waals surface area contributed by atoms with Crippen molar-refractivity contribution in [3.63, 3.8) is 0 Å². The highest BCUT2D eigenvalue weighted by molar-refractivity contribution is 6.30. The molecule has 3 N–H and O–H groups in total. The number of nitrogen functional groups attached to an aromatic ring is 1. The Morgan fingerprint density at radius 1 is 1.26 bits per heavy atom. The summed E-state index contributed by atoms with van der Waals surface area (Å²) in [7, 11) is 0. The summed E-state index contributed by atoms with van der Waals surface area (Å²) in [5.41, 5.74) is 8.84. The number of halogens is 1. The van der Waals surface area contributed by atoms with Crippen LogP contribution in [0.4, 0.5) is 11.4 Å². The topological polar surface area (TPSA) is 61.8 Å². The Morgan fingerprint density at radius 2 is 2.05 bits per heavy atom. The second-order valence-electron chi connectivity index (χ2n) is 4.34. The third kappa shape index (κ3) is 3.18. The number of hydrogen-bond acceptors (Lipinski definition) is 3. The van der Waals surface area contributed by atoms with Crippen molar-refractivity contribution in [3.05, 3.63) is 58.6 Å². The molecule has 0 aromatic heterocycles. The molecule has 4 heteroatoms. The van der Waals surface area contributed by atoms with Crippen LogP contribution in [0.5, 0.6) is 0 Å². The summed E-state index contributed by atoms with van der Waals surface area (Å²) in [6, 6.07) is 15.0. The zero-order chi connectivity index (χ0) is 13.8. The minimum Gasteiger partial charge on any atom is -0.399 e. The maximum absolute atomic E-state index is 9.08. The molecule has 0 aliphatic carbocycles. The number of nitrogens with two attached hydrogens (primary N) is 1. The Balaban J connectivity index is 2.26. The molecule has 0 aliphatic rings. The number of nitrogens with one attached hydrogen (secondary N) is 1. The summed E-state index contributed by atoms with van der Waals surface area (Å²) in [6.07, 6.45) is 0. The second-order valence-corrected chi connectivity index (χ2v) is 4.77. The van der Waals surface area contributed by atoms with Crippen molar-refractivity contribution in [2.75, 3.05) is 11.1 Å². The molecule has 2 aromatic carbocycles. The van der Waals surface area contributed by atoms with Crippen LogP contribution in [0.25, 0.3) is 0 Å². The maximum Gasteiger partial charge on any atom is 0.101 e. The molecular weight excluding hydrogens is 258 g/mol. The molecule has 0 bridgehead atoms. The van der Waals surface area contributed by atoms with Gasteiger partial charge in [-0.15, -0.1) is 0 Å². The molecule has 0 saturated heterocycles. The van der Waals surface area contributed by atoms with Gasteiger partial charge in [-0.25, -0.2) is 0 Å². The Bertz CT molecular complexity index is 632. The highest BCUT2D eigenvalue weighted by Crippen LogP contribution is 2.25. The van der Waals surface area contributed by atoms with E-state index in [0.717, 1.165) is 16.9 Å². The smallest absolute Gasteiger partial charge is 0.101 e. The summed E-state index contributed by atoms with van der Waals surface area (Å²) < 4.78 is 0. The Hall–Kier alpha value is -2.18. The van der Waals surface area contributed by atoms with Crippen LogP contribution in [-0.2, 0) is 0 Å². The molecule has 0 aliphatic heterocycles. The lowest BCUT2D eigenvalue weighted by molar-refractivity contribution is 0.884. The summed E-state index contributed by atoms with van der Waals surface area (Å²) in [6.45, 7) is 2.01. The number of rotatable bonds is 3. The Morgan fingerprint density at radius 3 is 2.74 bits per heavy atom. The van der Waals surface area contributed by atoms with Crippen LogP contribution >= 0.6 is 11.6 Å². The molecule has 0 radical (unpaired) electrons. The lowest BCUT2D eigenvalue weighted by Gasteiger charge is -2.17. The molecule has 1 atom stereocenters. The molecule has 0 heterocycles. The van der Waals surface area contributed by atoms with Gasteiger partial charge in [0.05, 0.1) is 11.3 Å². The first kappa shape index (κ1) is 13.3. The fourth-order valence-corrected chi connectivity index (χ4v) is 2.05. The predicted molar refractivity (Wildman–Crippen MR) is 79.1 cm³/mol. The van der Waals surface area contributed by atoms with Crippen LogP contribution in [-0.4, -0.2) is 0 Å². The monoisotopic (exact) mass is 271 g/mol. The van der Waals surface area contributed by atoms with Crippen LogP contribution < -0.4 is 11.1 Å². The van der Waals surface area contributed by atoms with Crippen molar-refractivity contribution in [2.24, 2.45) is 0 Å². The minimum atomic E-state index is 0.0362. The van der Waals surface area contributed by atoms with E-state index >= 15 is 0 Å². The molecule has 19 heavy (non-hydrogen) atoms. The minimum absolute atomic E-state index is 0.0362. The maximum atomic E-state index is 9.08. The van der Waals surface area contributed by atoms with Gasteiger partial charge >= 0.3 is 0 Å². The van der Waals surface area contributed by atoms with E-state index in [0.29, 0.717) is 10.6 Å². The van der Waals surface area contributed by atoms with Crippen molar-refractivity contribution >= 4 is 23.0 Å². The van der Waals surface area contributed by atoms with E-state index < -0.39 is 0 Å². The van der Waals surface area contributed by atoms with Crippen molar-refractivity contribution in [2.45, 2.75) is 13.0 Å². The first-order valence-electron chi connectivity index (χ1n) is 5.92. The number of benzene rings is 2. The van der Waals surface area contributed by atoms with E-state index in [2.05, 4.69) is 11.4 Å². The molecule has 2 rings (SSSR count). The molecular formula is C15H14ClN3. The highest BCUT2D eigenvalue weighted by atomic mass is 35.5. The van der Waals surface area contributed by atoms with Gasteiger partial charge in [0.1, 0.15) is 6.07 Å². The average molecular weight is 272 g/mol. The molecule has 0 saturated carbocycles. The van der Waals surface area contributed by atoms with Gasteiger partial charge in [0.25, 0.3) is 0 Å². The average Bonchev–Trinajstić information content (AvgIpc) is 2.39. The van der Waals surface area contributed by atoms with Gasteiger partial charge in [-0.3, -0.25) is 0 Å². The second kappa shape index (κ2) is 5.64. The first-order chi connectivity index (χ1) is 9.10. The van der Waals surface area contributed by atoms with Crippen LogP contribution in [0, 0.1) is 11.3 Å². The number of hydrogen-bond donors (Lipinski definition) is 2. The zero-order valence-electron chi connectivity index (χ0n) is 10.5. The molecule has 0 fully saturated rings. The van der Waals surface area contributed by atoms with Crippen LogP contribution in [0.3, 0.4) is 0 Å². The van der Waals surface area contributed by atoms with Crippen molar-refractivity contribution in [3.8, 4) is 6.07 Å². The van der Waals surface area contributed by atoms with E-state index in [-0.39, 0.29) is 6.04 Å². The molecule has 96 valence electrons. The zero-order valence-corrected chi connectivity index (χ0v) is 11.3. The van der Waals surface area contributed by atoms with Crippen molar-refractivity contribution in [1.29, 1.82) is 5.26 Å². The Kier molecular flexibility index (Phi) is 3.94. The SMILES string of the molecule is CC(Nc1cc(Cl)ccc1C#N)c1cccc(N)c1. The van der Waals surface area contributed by atoms with Crippen LogP contribution in [0.1, 0.15) is 24.1 Å². The first-order valence-corrected chi connectivity index (χ1v) is 6.29. The molecule has 2 aromatic rings. The molecule has 1 unspecified atom stereocenters. The van der Waals surface area contributed by atoms with Gasteiger partial charge in [0.2, 0.25) is 0 Å². The van der Waals surface area contributed by atoms with Gasteiger partial charge in [0, 0.05) is 16.8 Å². The van der Waals surface area contributed by atoms with E-state index in [1.165, 1.54) is 0 Å². The van der Waals surface area contributed by atoms with E-state index in [9.17, 15) is 0 Å². The molecule has 0 amide bonds. The summed E-state index contributed by atoms with van der Waals surface area (Å²) >= 11 is 5.96. The fraction of sp³-hybridized carbons (Fsp3) is 0.133. The third-order valence-electron chi connectivity index (χ3n) is 2.88. The quantitative estimate of drug-likeness (QED) is 0.831. The standard InChI is InChI=1S/C15H14ClN3/c1-10(11-3-2-4-14(18)7-11)19-15-8-13(16)6-5-12(15)9-17/h2-8,10,19H,18H2,1H3. The lowest BCUT2D eigenvalue weighted by atomic mass is 10.1. The van der Waals surface area contributed by atoms with E-state index in [1.54, 1.807) is 18.2 Å². The summed E-state index contributed by atoms with van der Waals surface area (Å²) in [4.78, 5) is 0. The molecule has 0 spiro atoms. The lowest BCUT2D eigenvalue weighted by Crippen LogP contribution is -2.08. The summed E-state index contributed by atoms with van der Waals surface area (Å²) in [5.74, 6) is 0. The van der Waals surface area contributed by atoms with Crippen LogP contribution in [0.15, 0.2) is 42.5 Å². The van der Waals surface area contributed by atoms with Gasteiger partial charge in [-0.05, 0) is 42.8 Å². The normalized spacial score (nSPS) is 11.6. The number of nitrogens with zero attached hydrogens (tertiary/aromatic N) is 1. The van der Waals surface area contributed by atoms with Gasteiger partial charge in [0.15, 0.2) is 0 Å². The Labute approximate surface area is 117 Å². The number of nitriles is 1. The summed E-state index contributed by atoms with van der Waals surface area (Å²) in [5, 5.41) is 13.0. The van der Waals surface area contributed by atoms with Crippen molar-refractivity contribution < 1.29 is 0 Å². The van der Waals surface area contributed by atoms with Gasteiger partial charge < -0.3 is 11.1 Å². The molecule has 3 nitrogen and oxygen atoms in total. The fourth-order valence-electron chi connectivity index (χ4n) is 1.88. The predicted octanol–water partition coefficient (Wildman–Crippen LogP) is 3.97. The van der Waals surface area contributed by atoms with E-state index in [4.69, 9.17) is 22.6 Å².